The van der Waals surface area contributed by atoms with E-state index in [1.54, 1.807) is 27.7 Å². The van der Waals surface area contributed by atoms with E-state index in [1.807, 2.05) is 0 Å². The summed E-state index contributed by atoms with van der Waals surface area (Å²) in [6.07, 6.45) is -3.96. The van der Waals surface area contributed by atoms with Gasteiger partial charge in [0.15, 0.2) is 0 Å². The average Bonchev–Trinajstić information content (AvgIpc) is 2.81. The summed E-state index contributed by atoms with van der Waals surface area (Å²) in [4.78, 5) is 13.4. The molecule has 1 aromatic rings. The van der Waals surface area contributed by atoms with Gasteiger partial charge in [-0.05, 0) is 30.8 Å². The Labute approximate surface area is 120 Å². The summed E-state index contributed by atoms with van der Waals surface area (Å²) in [5, 5.41) is 3.78. The minimum atomic E-state index is -4.43. The number of nitrogens with zero attached hydrogens (tertiary/aromatic N) is 3. The number of hydrogen-bond acceptors (Lipinski definition) is 4. The summed E-state index contributed by atoms with van der Waals surface area (Å²) in [7, 11) is 0. The molecule has 0 aliphatic carbocycles. The summed E-state index contributed by atoms with van der Waals surface area (Å²) in [6, 6.07) is -0.518. The maximum atomic E-state index is 12.7. The zero-order valence-electron chi connectivity index (χ0n) is 11.9. The van der Waals surface area contributed by atoms with Gasteiger partial charge in [0.05, 0.1) is 5.69 Å². The molecule has 0 unspecified atom stereocenters. The molecule has 0 radical (unpaired) electrons. The minimum Gasteiger partial charge on any atom is -0.326 e. The molecule has 20 heavy (non-hydrogen) atoms. The number of carbonyl (C=O) groups is 1. The van der Waals surface area contributed by atoms with Gasteiger partial charge in [0.25, 0.3) is 5.91 Å². The molecular formula is C12H18F3N3OS. The lowest BCUT2D eigenvalue weighted by atomic mass is 10.0. The largest absolute Gasteiger partial charge is 0.406 e. The molecule has 0 spiro atoms. The standard InChI is InChI=1S/C12H18F3N3OS/c1-5-9-10(20-17-16-9)11(19)18(6-12(13,14)15)8(4)7(2)3/h7-8H,5-6H2,1-4H3/t8-/m1/s1. The van der Waals surface area contributed by atoms with Crippen LogP contribution in [0.25, 0.3) is 0 Å². The Morgan fingerprint density at radius 3 is 2.40 bits per heavy atom. The van der Waals surface area contributed by atoms with E-state index < -0.39 is 24.7 Å². The predicted octanol–water partition coefficient (Wildman–Crippen LogP) is 3.15. The molecule has 4 nitrogen and oxygen atoms in total. The van der Waals surface area contributed by atoms with Crippen molar-refractivity contribution < 1.29 is 18.0 Å². The van der Waals surface area contributed by atoms with Crippen LogP contribution >= 0.6 is 11.5 Å². The van der Waals surface area contributed by atoms with Crippen LogP contribution < -0.4 is 0 Å². The second kappa shape index (κ2) is 6.51. The van der Waals surface area contributed by atoms with Crippen molar-refractivity contribution >= 4 is 17.4 Å². The van der Waals surface area contributed by atoms with E-state index in [0.717, 1.165) is 16.4 Å². The predicted molar refractivity (Wildman–Crippen MR) is 70.7 cm³/mol. The van der Waals surface area contributed by atoms with Crippen LogP contribution in [-0.4, -0.2) is 39.2 Å². The van der Waals surface area contributed by atoms with Crippen molar-refractivity contribution in [1.29, 1.82) is 0 Å². The van der Waals surface area contributed by atoms with Gasteiger partial charge in [-0.3, -0.25) is 4.79 Å². The first kappa shape index (κ1) is 16.9. The molecule has 0 bridgehead atoms. The van der Waals surface area contributed by atoms with Crippen molar-refractivity contribution in [3.8, 4) is 0 Å². The van der Waals surface area contributed by atoms with Crippen molar-refractivity contribution in [3.05, 3.63) is 10.6 Å². The smallest absolute Gasteiger partial charge is 0.326 e. The third kappa shape index (κ3) is 4.16. The van der Waals surface area contributed by atoms with Gasteiger partial charge in [0.2, 0.25) is 0 Å². The first-order valence-electron chi connectivity index (χ1n) is 6.36. The number of carbonyl (C=O) groups excluding carboxylic acids is 1. The van der Waals surface area contributed by atoms with E-state index in [2.05, 4.69) is 9.59 Å². The van der Waals surface area contributed by atoms with Gasteiger partial charge >= 0.3 is 6.18 Å². The summed E-state index contributed by atoms with van der Waals surface area (Å²) in [5.41, 5.74) is 0.447. The molecule has 114 valence electrons. The van der Waals surface area contributed by atoms with Crippen LogP contribution in [0.1, 0.15) is 43.1 Å². The number of halogens is 3. The zero-order valence-corrected chi connectivity index (χ0v) is 12.7. The molecule has 0 saturated heterocycles. The molecule has 1 heterocycles. The lowest BCUT2D eigenvalue weighted by Gasteiger charge is -2.32. The Bertz CT molecular complexity index is 459. The van der Waals surface area contributed by atoms with Crippen molar-refractivity contribution in [2.75, 3.05) is 6.54 Å². The number of alkyl halides is 3. The summed E-state index contributed by atoms with van der Waals surface area (Å²) >= 11 is 0.846. The Balaban J connectivity index is 3.07. The molecule has 0 fully saturated rings. The van der Waals surface area contributed by atoms with Crippen LogP contribution in [0.2, 0.25) is 0 Å². The maximum absolute atomic E-state index is 12.7. The summed E-state index contributed by atoms with van der Waals surface area (Å²) < 4.78 is 41.7. The Hall–Kier alpha value is -1.18. The molecule has 1 atom stereocenters. The quantitative estimate of drug-likeness (QED) is 0.839. The third-order valence-electron chi connectivity index (χ3n) is 3.15. The van der Waals surface area contributed by atoms with Crippen molar-refractivity contribution in [2.24, 2.45) is 5.92 Å². The van der Waals surface area contributed by atoms with Crippen molar-refractivity contribution in [2.45, 2.75) is 46.3 Å². The summed E-state index contributed by atoms with van der Waals surface area (Å²) in [5.74, 6) is -0.720. The molecule has 0 saturated carbocycles. The van der Waals surface area contributed by atoms with Gasteiger partial charge in [-0.2, -0.15) is 13.2 Å². The maximum Gasteiger partial charge on any atom is 0.406 e. The Morgan fingerprint density at radius 2 is 1.95 bits per heavy atom. The zero-order chi connectivity index (χ0) is 15.5. The van der Waals surface area contributed by atoms with Gasteiger partial charge in [-0.25, -0.2) is 0 Å². The fraction of sp³-hybridized carbons (Fsp3) is 0.750. The topological polar surface area (TPSA) is 46.1 Å². The fourth-order valence-corrected chi connectivity index (χ4v) is 2.39. The molecule has 1 rings (SSSR count). The van der Waals surface area contributed by atoms with E-state index >= 15 is 0 Å². The molecule has 1 aromatic heterocycles. The van der Waals surface area contributed by atoms with Crippen molar-refractivity contribution in [1.82, 2.24) is 14.5 Å². The first-order chi connectivity index (χ1) is 9.17. The highest BCUT2D eigenvalue weighted by Crippen LogP contribution is 2.24. The normalized spacial score (nSPS) is 13.6. The van der Waals surface area contributed by atoms with E-state index in [0.29, 0.717) is 12.1 Å². The lowest BCUT2D eigenvalue weighted by molar-refractivity contribution is -0.145. The lowest BCUT2D eigenvalue weighted by Crippen LogP contribution is -2.46. The fourth-order valence-electron chi connectivity index (χ4n) is 1.69. The molecule has 0 N–H and O–H groups in total. The number of aryl methyl sites for hydroxylation is 1. The van der Waals surface area contributed by atoms with E-state index in [1.165, 1.54) is 0 Å². The molecule has 8 heteroatoms. The SMILES string of the molecule is CCc1nnsc1C(=O)N(CC(F)(F)F)[C@H](C)C(C)C. The molecule has 1 amide bonds. The van der Waals surface area contributed by atoms with Crippen molar-refractivity contribution in [3.63, 3.8) is 0 Å². The second-order valence-corrected chi connectivity index (χ2v) is 5.69. The van der Waals surface area contributed by atoms with Crippen LogP contribution in [0, 0.1) is 5.92 Å². The van der Waals surface area contributed by atoms with Crippen LogP contribution in [0.4, 0.5) is 13.2 Å². The van der Waals surface area contributed by atoms with Crippen LogP contribution in [0.5, 0.6) is 0 Å². The highest BCUT2D eigenvalue weighted by Gasteiger charge is 2.37. The highest BCUT2D eigenvalue weighted by molar-refractivity contribution is 7.08. The molecule has 0 aliphatic heterocycles. The van der Waals surface area contributed by atoms with Gasteiger partial charge in [-0.1, -0.05) is 25.3 Å². The van der Waals surface area contributed by atoms with E-state index in [4.69, 9.17) is 0 Å². The van der Waals surface area contributed by atoms with E-state index in [-0.39, 0.29) is 10.8 Å². The van der Waals surface area contributed by atoms with Gasteiger partial charge < -0.3 is 4.90 Å². The number of amides is 1. The summed E-state index contributed by atoms with van der Waals surface area (Å²) in [6.45, 7) is 5.72. The number of aromatic nitrogens is 2. The monoisotopic (exact) mass is 309 g/mol. The molecule has 0 aromatic carbocycles. The minimum absolute atomic E-state index is 0.0766. The molecule has 0 aliphatic rings. The van der Waals surface area contributed by atoms with Crippen LogP contribution in [-0.2, 0) is 6.42 Å². The molecular weight excluding hydrogens is 291 g/mol. The first-order valence-corrected chi connectivity index (χ1v) is 7.13. The van der Waals surface area contributed by atoms with Crippen LogP contribution in [0.15, 0.2) is 0 Å². The third-order valence-corrected chi connectivity index (χ3v) is 3.91. The average molecular weight is 309 g/mol. The number of hydrogen-bond donors (Lipinski definition) is 0. The van der Waals surface area contributed by atoms with Crippen LogP contribution in [0.3, 0.4) is 0 Å². The van der Waals surface area contributed by atoms with Gasteiger partial charge in [0.1, 0.15) is 11.4 Å². The number of rotatable bonds is 5. The van der Waals surface area contributed by atoms with Gasteiger partial charge in [-0.15, -0.1) is 5.10 Å². The van der Waals surface area contributed by atoms with Gasteiger partial charge in [0, 0.05) is 6.04 Å². The Kier molecular flexibility index (Phi) is 5.50. The second-order valence-electron chi connectivity index (χ2n) is 4.94. The Morgan fingerprint density at radius 1 is 1.35 bits per heavy atom. The van der Waals surface area contributed by atoms with E-state index in [9.17, 15) is 18.0 Å². The highest BCUT2D eigenvalue weighted by atomic mass is 32.1.